The summed E-state index contributed by atoms with van der Waals surface area (Å²) in [5.41, 5.74) is 7.21. The van der Waals surface area contributed by atoms with E-state index in [1.165, 1.54) is 0 Å². The van der Waals surface area contributed by atoms with E-state index < -0.39 is 5.91 Å². The van der Waals surface area contributed by atoms with Crippen molar-refractivity contribution in [2.24, 2.45) is 0 Å². The van der Waals surface area contributed by atoms with Gasteiger partial charge in [0.25, 0.3) is 11.8 Å². The molecule has 2 N–H and O–H groups in total. The smallest absolute Gasteiger partial charge is 0.276 e. The summed E-state index contributed by atoms with van der Waals surface area (Å²) in [7, 11) is 0. The molecule has 0 spiro atoms. The first-order chi connectivity index (χ1) is 11.0. The summed E-state index contributed by atoms with van der Waals surface area (Å²) in [4.78, 5) is 23.6. The minimum Gasteiger partial charge on any atom is -0.483 e. The predicted molar refractivity (Wildman–Crippen MR) is 91.2 cm³/mol. The van der Waals surface area contributed by atoms with E-state index in [1.807, 2.05) is 32.0 Å². The van der Waals surface area contributed by atoms with Crippen LogP contribution in [0.2, 0.25) is 0 Å². The minimum absolute atomic E-state index is 0.199. The summed E-state index contributed by atoms with van der Waals surface area (Å²) in [6.07, 6.45) is 0. The Morgan fingerprint density at radius 2 is 1.78 bits per heavy atom. The fourth-order valence-corrected chi connectivity index (χ4v) is 2.49. The Morgan fingerprint density at radius 3 is 2.48 bits per heavy atom. The van der Waals surface area contributed by atoms with Gasteiger partial charge in [-0.3, -0.25) is 20.4 Å². The summed E-state index contributed by atoms with van der Waals surface area (Å²) in [5.74, 6) is -0.257. The van der Waals surface area contributed by atoms with Crippen molar-refractivity contribution < 1.29 is 14.3 Å². The number of hydrogen-bond donors (Lipinski definition) is 2. The molecule has 2 aromatic rings. The Labute approximate surface area is 143 Å². The second-order valence-electron chi connectivity index (χ2n) is 5.09. The maximum Gasteiger partial charge on any atom is 0.276 e. The molecule has 0 atom stereocenters. The van der Waals surface area contributed by atoms with Crippen molar-refractivity contribution in [2.75, 3.05) is 6.61 Å². The number of aryl methyl sites for hydroxylation is 2. The average molecular weight is 377 g/mol. The molecule has 23 heavy (non-hydrogen) atoms. The molecule has 2 rings (SSSR count). The van der Waals surface area contributed by atoms with Crippen LogP contribution in [0.4, 0.5) is 0 Å². The van der Waals surface area contributed by atoms with Crippen molar-refractivity contribution in [2.45, 2.75) is 13.8 Å². The van der Waals surface area contributed by atoms with Gasteiger partial charge < -0.3 is 4.74 Å². The number of nitrogens with one attached hydrogen (secondary N) is 2. The third-order valence-corrected chi connectivity index (χ3v) is 3.66. The number of ether oxygens (including phenoxy) is 1. The van der Waals surface area contributed by atoms with Crippen LogP contribution in [-0.2, 0) is 4.79 Å². The summed E-state index contributed by atoms with van der Waals surface area (Å²) >= 11 is 3.37. The van der Waals surface area contributed by atoms with Gasteiger partial charge in [0.15, 0.2) is 6.61 Å². The monoisotopic (exact) mass is 376 g/mol. The first kappa shape index (κ1) is 17.0. The fourth-order valence-electron chi connectivity index (χ4n) is 1.89. The number of amides is 2. The first-order valence-corrected chi connectivity index (χ1v) is 7.80. The van der Waals surface area contributed by atoms with Gasteiger partial charge in [-0.2, -0.15) is 0 Å². The van der Waals surface area contributed by atoms with E-state index in [9.17, 15) is 9.59 Å². The molecular weight excluding hydrogens is 360 g/mol. The standard InChI is InChI=1S/C17H17BrN2O3/c1-11-4-3-5-13(8-11)17(22)20-19-16(21)10-23-15-7-6-12(2)9-14(15)18/h3-9H,10H2,1-2H3,(H,19,21)(H,20,22). The van der Waals surface area contributed by atoms with Crippen LogP contribution in [-0.4, -0.2) is 18.4 Å². The second-order valence-corrected chi connectivity index (χ2v) is 5.95. The van der Waals surface area contributed by atoms with E-state index in [0.29, 0.717) is 11.3 Å². The molecule has 2 amide bonds. The maximum atomic E-state index is 11.9. The summed E-state index contributed by atoms with van der Waals surface area (Å²) in [6.45, 7) is 3.65. The molecule has 0 aliphatic heterocycles. The normalized spacial score (nSPS) is 10.0. The third kappa shape index (κ3) is 5.10. The molecule has 120 valence electrons. The Kier molecular flexibility index (Phi) is 5.76. The van der Waals surface area contributed by atoms with E-state index in [-0.39, 0.29) is 12.5 Å². The van der Waals surface area contributed by atoms with Crippen LogP contribution >= 0.6 is 15.9 Å². The highest BCUT2D eigenvalue weighted by Crippen LogP contribution is 2.25. The maximum absolute atomic E-state index is 11.9. The van der Waals surface area contributed by atoms with Gasteiger partial charge >= 0.3 is 0 Å². The van der Waals surface area contributed by atoms with Crippen LogP contribution in [0.15, 0.2) is 46.9 Å². The molecule has 0 aliphatic rings. The lowest BCUT2D eigenvalue weighted by Crippen LogP contribution is -2.43. The Balaban J connectivity index is 1.82. The zero-order valence-electron chi connectivity index (χ0n) is 12.9. The molecule has 0 saturated heterocycles. The molecule has 0 radical (unpaired) electrons. The van der Waals surface area contributed by atoms with Crippen molar-refractivity contribution >= 4 is 27.7 Å². The number of rotatable bonds is 4. The molecule has 0 saturated carbocycles. The molecule has 0 heterocycles. The quantitative estimate of drug-likeness (QED) is 0.806. The highest BCUT2D eigenvalue weighted by atomic mass is 79.9. The fraction of sp³-hybridized carbons (Fsp3) is 0.176. The van der Waals surface area contributed by atoms with Gasteiger partial charge in [0.1, 0.15) is 5.75 Å². The highest BCUT2D eigenvalue weighted by molar-refractivity contribution is 9.10. The first-order valence-electron chi connectivity index (χ1n) is 7.00. The van der Waals surface area contributed by atoms with Gasteiger partial charge in [-0.05, 0) is 59.6 Å². The van der Waals surface area contributed by atoms with Gasteiger partial charge in [-0.25, -0.2) is 0 Å². The van der Waals surface area contributed by atoms with Crippen molar-refractivity contribution in [1.82, 2.24) is 10.9 Å². The van der Waals surface area contributed by atoms with Crippen molar-refractivity contribution in [3.05, 3.63) is 63.6 Å². The number of carbonyl (C=O) groups excluding carboxylic acids is 2. The number of benzene rings is 2. The second kappa shape index (κ2) is 7.78. The lowest BCUT2D eigenvalue weighted by atomic mass is 10.1. The summed E-state index contributed by atoms with van der Waals surface area (Å²) < 4.78 is 6.17. The zero-order chi connectivity index (χ0) is 16.8. The SMILES string of the molecule is Cc1cccc(C(=O)NNC(=O)COc2ccc(C)cc2Br)c1. The van der Waals surface area contributed by atoms with E-state index in [1.54, 1.807) is 24.3 Å². The molecule has 2 aromatic carbocycles. The van der Waals surface area contributed by atoms with Crippen LogP contribution in [0.3, 0.4) is 0 Å². The van der Waals surface area contributed by atoms with Gasteiger partial charge in [-0.15, -0.1) is 0 Å². The van der Waals surface area contributed by atoms with Crippen LogP contribution < -0.4 is 15.6 Å². The topological polar surface area (TPSA) is 67.4 Å². The summed E-state index contributed by atoms with van der Waals surface area (Å²) in [6, 6.07) is 12.6. The molecule has 0 unspecified atom stereocenters. The Morgan fingerprint density at radius 1 is 1.04 bits per heavy atom. The van der Waals surface area contributed by atoms with E-state index in [0.717, 1.165) is 15.6 Å². The number of hydrazine groups is 1. The average Bonchev–Trinajstić information content (AvgIpc) is 2.51. The van der Waals surface area contributed by atoms with Crippen LogP contribution in [0.25, 0.3) is 0 Å². The van der Waals surface area contributed by atoms with Gasteiger partial charge in [0, 0.05) is 5.56 Å². The molecule has 6 heteroatoms. The number of halogens is 1. The molecule has 0 bridgehead atoms. The van der Waals surface area contributed by atoms with Crippen molar-refractivity contribution in [3.63, 3.8) is 0 Å². The van der Waals surface area contributed by atoms with Gasteiger partial charge in [0.05, 0.1) is 4.47 Å². The lowest BCUT2D eigenvalue weighted by molar-refractivity contribution is -0.123. The van der Waals surface area contributed by atoms with Crippen LogP contribution in [0, 0.1) is 13.8 Å². The molecule has 0 aromatic heterocycles. The Hall–Kier alpha value is -2.34. The molecular formula is C17H17BrN2O3. The number of carbonyl (C=O) groups is 2. The van der Waals surface area contributed by atoms with E-state index >= 15 is 0 Å². The number of hydrogen-bond acceptors (Lipinski definition) is 3. The Bertz CT molecular complexity index is 732. The molecule has 0 aliphatic carbocycles. The highest BCUT2D eigenvalue weighted by Gasteiger charge is 2.09. The largest absolute Gasteiger partial charge is 0.483 e. The van der Waals surface area contributed by atoms with E-state index in [4.69, 9.17) is 4.74 Å². The lowest BCUT2D eigenvalue weighted by Gasteiger charge is -2.10. The van der Waals surface area contributed by atoms with Crippen LogP contribution in [0.1, 0.15) is 21.5 Å². The zero-order valence-corrected chi connectivity index (χ0v) is 14.4. The van der Waals surface area contributed by atoms with Crippen LogP contribution in [0.5, 0.6) is 5.75 Å². The molecule has 0 fully saturated rings. The summed E-state index contributed by atoms with van der Waals surface area (Å²) in [5, 5.41) is 0. The third-order valence-electron chi connectivity index (χ3n) is 3.04. The minimum atomic E-state index is -0.446. The van der Waals surface area contributed by atoms with Crippen molar-refractivity contribution in [3.8, 4) is 5.75 Å². The molecule has 5 nitrogen and oxygen atoms in total. The van der Waals surface area contributed by atoms with E-state index in [2.05, 4.69) is 26.8 Å². The van der Waals surface area contributed by atoms with Gasteiger partial charge in [0.2, 0.25) is 0 Å². The van der Waals surface area contributed by atoms with Crippen molar-refractivity contribution in [1.29, 1.82) is 0 Å². The predicted octanol–water partition coefficient (Wildman–Crippen LogP) is 2.91. The van der Waals surface area contributed by atoms with Gasteiger partial charge in [-0.1, -0.05) is 23.8 Å².